The van der Waals surface area contributed by atoms with Crippen LogP contribution in [0.5, 0.6) is 0 Å². The van der Waals surface area contributed by atoms with E-state index in [1.54, 1.807) is 20.8 Å². The molecule has 1 N–H and O–H groups in total. The van der Waals surface area contributed by atoms with Gasteiger partial charge in [-0.3, -0.25) is 0 Å². The molecule has 2 rings (SSSR count). The number of hydrogen-bond acceptors (Lipinski definition) is 5. The molecule has 0 aliphatic carbocycles. The van der Waals surface area contributed by atoms with Crippen molar-refractivity contribution in [1.82, 2.24) is 9.80 Å². The Morgan fingerprint density at radius 2 is 1.31 bits per heavy atom. The number of aliphatic hydroxyl groups excluding tert-OH is 1. The molecule has 2 saturated heterocycles. The lowest BCUT2D eigenvalue weighted by Crippen LogP contribution is -2.35. The quantitative estimate of drug-likeness (QED) is 0.703. The molecule has 8 heteroatoms. The molecule has 0 saturated carbocycles. The predicted octanol–water partition coefficient (Wildman–Crippen LogP) is 2.95. The molecule has 0 radical (unpaired) electrons. The Bertz CT molecular complexity index is 443. The van der Waals surface area contributed by atoms with Crippen molar-refractivity contribution in [2.24, 2.45) is 0 Å². The number of rotatable bonds is 0. The fraction of sp³-hybridized carbons (Fsp3) is 0.889. The van der Waals surface area contributed by atoms with Gasteiger partial charge in [0, 0.05) is 19.6 Å². The maximum Gasteiger partial charge on any atom is 0.410 e. The summed E-state index contributed by atoms with van der Waals surface area (Å²) in [5, 5.41) is 9.20. The Morgan fingerprint density at radius 3 is 1.62 bits per heavy atom. The highest BCUT2D eigenvalue weighted by Gasteiger charge is 2.29. The summed E-state index contributed by atoms with van der Waals surface area (Å²) >= 11 is 0. The molecule has 0 aromatic carbocycles. The summed E-state index contributed by atoms with van der Waals surface area (Å²) in [7, 11) is 0. The Hall–Kier alpha value is -1.57. The summed E-state index contributed by atoms with van der Waals surface area (Å²) in [6.45, 7) is 12.5. The summed E-state index contributed by atoms with van der Waals surface area (Å²) in [5.74, 6) is 0. The molecule has 2 unspecified atom stereocenters. The van der Waals surface area contributed by atoms with Gasteiger partial charge in [-0.25, -0.2) is 14.0 Å². The van der Waals surface area contributed by atoms with Gasteiger partial charge < -0.3 is 24.4 Å². The average molecular weight is 376 g/mol. The third-order valence-corrected chi connectivity index (χ3v) is 3.60. The second-order valence-corrected chi connectivity index (χ2v) is 8.68. The van der Waals surface area contributed by atoms with Gasteiger partial charge in [-0.15, -0.1) is 0 Å². The fourth-order valence-corrected chi connectivity index (χ4v) is 2.44. The molecule has 2 fully saturated rings. The van der Waals surface area contributed by atoms with Crippen LogP contribution in [0, 0.1) is 0 Å². The first kappa shape index (κ1) is 22.5. The van der Waals surface area contributed by atoms with Crippen LogP contribution in [0.3, 0.4) is 0 Å². The predicted molar refractivity (Wildman–Crippen MR) is 95.8 cm³/mol. The van der Waals surface area contributed by atoms with Gasteiger partial charge in [0.1, 0.15) is 17.4 Å². The van der Waals surface area contributed by atoms with Crippen LogP contribution in [-0.4, -0.2) is 76.7 Å². The number of carbonyl (C=O) groups is 2. The highest BCUT2D eigenvalue weighted by atomic mass is 19.1. The zero-order valence-corrected chi connectivity index (χ0v) is 16.7. The highest BCUT2D eigenvalue weighted by molar-refractivity contribution is 5.68. The van der Waals surface area contributed by atoms with Gasteiger partial charge in [0.05, 0.1) is 12.6 Å². The van der Waals surface area contributed by atoms with Crippen LogP contribution in [-0.2, 0) is 9.47 Å². The Labute approximate surface area is 155 Å². The molecule has 0 aromatic rings. The summed E-state index contributed by atoms with van der Waals surface area (Å²) in [6.07, 6.45) is -0.921. The molecule has 26 heavy (non-hydrogen) atoms. The highest BCUT2D eigenvalue weighted by Crippen LogP contribution is 2.17. The monoisotopic (exact) mass is 376 g/mol. The zero-order valence-electron chi connectivity index (χ0n) is 16.7. The van der Waals surface area contributed by atoms with E-state index >= 15 is 0 Å². The summed E-state index contributed by atoms with van der Waals surface area (Å²) in [5.41, 5.74) is -0.948. The van der Waals surface area contributed by atoms with Crippen LogP contribution in [0.25, 0.3) is 0 Å². The molecule has 2 aliphatic heterocycles. The molecular weight excluding hydrogens is 343 g/mol. The van der Waals surface area contributed by atoms with Crippen molar-refractivity contribution in [2.45, 2.75) is 77.9 Å². The van der Waals surface area contributed by atoms with Crippen LogP contribution in [0.1, 0.15) is 54.4 Å². The van der Waals surface area contributed by atoms with E-state index in [-0.39, 0.29) is 18.7 Å². The van der Waals surface area contributed by atoms with Crippen molar-refractivity contribution in [3.8, 4) is 0 Å². The molecule has 0 spiro atoms. The molecule has 0 bridgehead atoms. The minimum Gasteiger partial charge on any atom is -0.444 e. The second kappa shape index (κ2) is 8.88. The number of β-amino-alcohol motifs (C(OH)–C–C–N with tert-alkyl or cyclic N) is 1. The molecule has 7 nitrogen and oxygen atoms in total. The van der Waals surface area contributed by atoms with E-state index in [1.165, 1.54) is 9.80 Å². The molecule has 2 aliphatic rings. The number of carbonyl (C=O) groups excluding carboxylic acids is 2. The van der Waals surface area contributed by atoms with Crippen LogP contribution < -0.4 is 0 Å². The van der Waals surface area contributed by atoms with Crippen molar-refractivity contribution in [3.05, 3.63) is 0 Å². The standard InChI is InChI=1S/C9H16FNO2.C9H17NO3/c1-9(2,3)13-8(12)11-5-4-7(10)6-11;1-9(2,3)13-8(12)10-5-4-7(11)6-10/h7H,4-6H2,1-3H3;7,11H,4-6H2,1-3H3. The Balaban J connectivity index is 0.000000260. The summed E-state index contributed by atoms with van der Waals surface area (Å²) < 4.78 is 23.0. The summed E-state index contributed by atoms with van der Waals surface area (Å²) in [4.78, 5) is 25.7. The van der Waals surface area contributed by atoms with E-state index in [9.17, 15) is 19.1 Å². The normalized spacial score (nSPS) is 23.4. The van der Waals surface area contributed by atoms with Gasteiger partial charge in [-0.2, -0.15) is 0 Å². The number of amides is 2. The van der Waals surface area contributed by atoms with Gasteiger partial charge in [0.15, 0.2) is 0 Å². The van der Waals surface area contributed by atoms with Crippen molar-refractivity contribution in [2.75, 3.05) is 26.2 Å². The third kappa shape index (κ3) is 8.69. The Morgan fingerprint density at radius 1 is 0.885 bits per heavy atom. The summed E-state index contributed by atoms with van der Waals surface area (Å²) in [6, 6.07) is 0. The number of halogens is 1. The van der Waals surface area contributed by atoms with Crippen molar-refractivity contribution in [1.29, 1.82) is 0 Å². The molecule has 2 heterocycles. The van der Waals surface area contributed by atoms with Crippen LogP contribution >= 0.6 is 0 Å². The van der Waals surface area contributed by atoms with Gasteiger partial charge in [0.25, 0.3) is 0 Å². The number of nitrogens with zero attached hydrogens (tertiary/aromatic N) is 2. The van der Waals surface area contributed by atoms with Crippen LogP contribution in [0.2, 0.25) is 0 Å². The van der Waals surface area contributed by atoms with E-state index in [0.29, 0.717) is 32.5 Å². The maximum absolute atomic E-state index is 12.7. The van der Waals surface area contributed by atoms with E-state index in [2.05, 4.69) is 0 Å². The first-order valence-corrected chi connectivity index (χ1v) is 9.05. The van der Waals surface area contributed by atoms with E-state index in [0.717, 1.165) is 0 Å². The van der Waals surface area contributed by atoms with Crippen LogP contribution in [0.15, 0.2) is 0 Å². The first-order valence-electron chi connectivity index (χ1n) is 9.05. The lowest BCUT2D eigenvalue weighted by Gasteiger charge is -2.24. The fourth-order valence-electron chi connectivity index (χ4n) is 2.44. The number of likely N-dealkylation sites (tertiary alicyclic amines) is 2. The lowest BCUT2D eigenvalue weighted by molar-refractivity contribution is 0.0265. The maximum atomic E-state index is 12.7. The molecular formula is C18H33FN2O5. The SMILES string of the molecule is CC(C)(C)OC(=O)N1CCC(F)C1.CC(C)(C)OC(=O)N1CCC(O)C1. The first-order chi connectivity index (χ1) is 11.8. The van der Waals surface area contributed by atoms with Gasteiger partial charge in [0.2, 0.25) is 0 Å². The second-order valence-electron chi connectivity index (χ2n) is 8.68. The lowest BCUT2D eigenvalue weighted by atomic mass is 10.2. The molecule has 152 valence electrons. The number of alkyl halides is 1. The van der Waals surface area contributed by atoms with Crippen molar-refractivity contribution >= 4 is 12.2 Å². The number of hydrogen-bond donors (Lipinski definition) is 1. The van der Waals surface area contributed by atoms with Crippen molar-refractivity contribution in [3.63, 3.8) is 0 Å². The average Bonchev–Trinajstić information content (AvgIpc) is 3.04. The smallest absolute Gasteiger partial charge is 0.410 e. The minimum atomic E-state index is -0.882. The molecule has 0 aromatic heterocycles. The zero-order chi connectivity index (χ0) is 20.1. The third-order valence-electron chi connectivity index (χ3n) is 3.60. The molecule has 2 atom stereocenters. The van der Waals surface area contributed by atoms with Crippen LogP contribution in [0.4, 0.5) is 14.0 Å². The topological polar surface area (TPSA) is 79.3 Å². The van der Waals surface area contributed by atoms with E-state index in [1.807, 2.05) is 20.8 Å². The number of aliphatic hydroxyl groups is 1. The largest absolute Gasteiger partial charge is 0.444 e. The number of ether oxygens (including phenoxy) is 2. The van der Waals surface area contributed by atoms with E-state index < -0.39 is 23.5 Å². The molecule has 2 amide bonds. The minimum absolute atomic E-state index is 0.176. The Kier molecular flexibility index (Phi) is 7.68. The van der Waals surface area contributed by atoms with Crippen molar-refractivity contribution < 1.29 is 28.6 Å². The van der Waals surface area contributed by atoms with E-state index in [4.69, 9.17) is 9.47 Å². The van der Waals surface area contributed by atoms with Gasteiger partial charge in [-0.1, -0.05) is 0 Å². The van der Waals surface area contributed by atoms with Gasteiger partial charge >= 0.3 is 12.2 Å². The van der Waals surface area contributed by atoms with Gasteiger partial charge in [-0.05, 0) is 54.4 Å².